The van der Waals surface area contributed by atoms with E-state index in [4.69, 9.17) is 11.6 Å². The summed E-state index contributed by atoms with van der Waals surface area (Å²) in [6.45, 7) is 0. The molecule has 0 bridgehead atoms. The van der Waals surface area contributed by atoms with Crippen LogP contribution in [0.15, 0.2) is 76.1 Å². The summed E-state index contributed by atoms with van der Waals surface area (Å²) >= 11 is 12.0. The number of fused-ring (bicyclic) bond motifs is 3. The summed E-state index contributed by atoms with van der Waals surface area (Å²) in [6.07, 6.45) is 0.736. The molecule has 3 aromatic carbocycles. The van der Waals surface area contributed by atoms with Gasteiger partial charge in [-0.25, -0.2) is 4.79 Å². The van der Waals surface area contributed by atoms with Crippen LogP contribution < -0.4 is 5.32 Å². The maximum absolute atomic E-state index is 11.7. The molecule has 2 N–H and O–H groups in total. The molecule has 0 saturated heterocycles. The van der Waals surface area contributed by atoms with Crippen LogP contribution >= 0.6 is 39.3 Å². The predicted octanol–water partition coefficient (Wildman–Crippen LogP) is 7.09. The van der Waals surface area contributed by atoms with Crippen molar-refractivity contribution >= 4 is 56.6 Å². The summed E-state index contributed by atoms with van der Waals surface area (Å²) in [5.41, 5.74) is 3.18. The van der Waals surface area contributed by atoms with Crippen LogP contribution in [0.2, 0.25) is 0 Å². The lowest BCUT2D eigenvalue weighted by atomic mass is 9.77. The number of anilines is 1. The first-order chi connectivity index (χ1) is 16.3. The van der Waals surface area contributed by atoms with Crippen molar-refractivity contribution in [3.63, 3.8) is 0 Å². The second-order valence-electron chi connectivity index (χ2n) is 8.53. The third-order valence-electron chi connectivity index (χ3n) is 6.63. The van der Waals surface area contributed by atoms with Gasteiger partial charge in [0.05, 0.1) is 26.8 Å². The molecule has 0 aromatic heterocycles. The molecular formula is C25H20BrClN2O4S. The average Bonchev–Trinajstić information content (AvgIpc) is 3.15. The van der Waals surface area contributed by atoms with E-state index < -0.39 is 5.97 Å². The fourth-order valence-corrected chi connectivity index (χ4v) is 7.33. The SMILES string of the molecule is O=C(O)c1ccc2c(c1)[C@@H]1[C@H](Cl)[C@H](Sc3ccccc3[N+](=O)[O-])C[C@H]1[C@@H](c1ccc(Br)cc1)N2. The molecule has 0 unspecified atom stereocenters. The summed E-state index contributed by atoms with van der Waals surface area (Å²) in [5, 5.41) is 24.3. The Hall–Kier alpha value is -2.55. The van der Waals surface area contributed by atoms with E-state index in [1.807, 2.05) is 18.2 Å². The van der Waals surface area contributed by atoms with Gasteiger partial charge in [0.25, 0.3) is 5.69 Å². The maximum atomic E-state index is 11.7. The minimum atomic E-state index is -0.982. The van der Waals surface area contributed by atoms with E-state index >= 15 is 0 Å². The van der Waals surface area contributed by atoms with Crippen LogP contribution in [0.1, 0.15) is 39.9 Å². The van der Waals surface area contributed by atoms with Crippen LogP contribution in [0, 0.1) is 16.0 Å². The highest BCUT2D eigenvalue weighted by Gasteiger charge is 2.50. The fourth-order valence-electron chi connectivity index (χ4n) is 5.12. The Morgan fingerprint density at radius 3 is 2.59 bits per heavy atom. The van der Waals surface area contributed by atoms with Gasteiger partial charge in [0.15, 0.2) is 0 Å². The molecule has 0 amide bonds. The molecule has 3 aromatic rings. The molecule has 0 spiro atoms. The Labute approximate surface area is 214 Å². The van der Waals surface area contributed by atoms with E-state index in [0.717, 1.165) is 27.7 Å². The van der Waals surface area contributed by atoms with Crippen LogP contribution in [0.25, 0.3) is 0 Å². The number of halogens is 2. The van der Waals surface area contributed by atoms with Gasteiger partial charge in [-0.3, -0.25) is 10.1 Å². The molecule has 6 nitrogen and oxygen atoms in total. The minimum absolute atomic E-state index is 0.0149. The van der Waals surface area contributed by atoms with Gasteiger partial charge in [0.2, 0.25) is 0 Å². The number of carbonyl (C=O) groups is 1. The summed E-state index contributed by atoms with van der Waals surface area (Å²) in [6, 6.07) is 20.0. The molecule has 5 rings (SSSR count). The summed E-state index contributed by atoms with van der Waals surface area (Å²) in [7, 11) is 0. The first kappa shape index (κ1) is 23.2. The quantitative estimate of drug-likeness (QED) is 0.197. The van der Waals surface area contributed by atoms with E-state index in [9.17, 15) is 20.0 Å². The molecular weight excluding hydrogens is 540 g/mol. The fraction of sp³-hybridized carbons (Fsp3) is 0.240. The normalized spacial score (nSPS) is 25.2. The molecule has 1 fully saturated rings. The van der Waals surface area contributed by atoms with Gasteiger partial charge in [-0.1, -0.05) is 40.2 Å². The van der Waals surface area contributed by atoms with Crippen LogP contribution in [-0.4, -0.2) is 26.6 Å². The van der Waals surface area contributed by atoms with Crippen LogP contribution in [-0.2, 0) is 0 Å². The van der Waals surface area contributed by atoms with Crippen molar-refractivity contribution in [2.75, 3.05) is 5.32 Å². The Kier molecular flexibility index (Phi) is 6.31. The number of alkyl halides is 1. The van der Waals surface area contributed by atoms with E-state index in [-0.39, 0.29) is 44.7 Å². The molecule has 174 valence electrons. The zero-order valence-electron chi connectivity index (χ0n) is 17.7. The Bertz CT molecular complexity index is 1270. The van der Waals surface area contributed by atoms with Crippen molar-refractivity contribution < 1.29 is 14.8 Å². The zero-order chi connectivity index (χ0) is 24.0. The molecule has 2 aliphatic rings. The Morgan fingerprint density at radius 1 is 1.15 bits per heavy atom. The largest absolute Gasteiger partial charge is 0.478 e. The smallest absolute Gasteiger partial charge is 0.335 e. The Balaban J connectivity index is 1.55. The number of thioether (sulfide) groups is 1. The first-order valence-electron chi connectivity index (χ1n) is 10.8. The number of nitro groups is 1. The van der Waals surface area contributed by atoms with Crippen molar-refractivity contribution in [2.45, 2.75) is 33.9 Å². The molecule has 1 aliphatic heterocycles. The summed E-state index contributed by atoms with van der Waals surface area (Å²) < 4.78 is 0.988. The van der Waals surface area contributed by atoms with Crippen molar-refractivity contribution in [1.29, 1.82) is 0 Å². The molecule has 1 saturated carbocycles. The number of hydrogen-bond acceptors (Lipinski definition) is 5. The summed E-state index contributed by atoms with van der Waals surface area (Å²) in [5.74, 6) is -0.976. The van der Waals surface area contributed by atoms with Crippen molar-refractivity contribution in [3.8, 4) is 0 Å². The van der Waals surface area contributed by atoms with Gasteiger partial charge in [0, 0.05) is 27.4 Å². The number of para-hydroxylation sites is 1. The van der Waals surface area contributed by atoms with Gasteiger partial charge in [0.1, 0.15) is 0 Å². The highest BCUT2D eigenvalue weighted by atomic mass is 79.9. The van der Waals surface area contributed by atoms with Crippen LogP contribution in [0.4, 0.5) is 11.4 Å². The van der Waals surface area contributed by atoms with Gasteiger partial charge in [-0.05, 0) is 59.9 Å². The lowest BCUT2D eigenvalue weighted by Crippen LogP contribution is -2.31. The van der Waals surface area contributed by atoms with Crippen LogP contribution in [0.3, 0.4) is 0 Å². The van der Waals surface area contributed by atoms with Gasteiger partial charge >= 0.3 is 5.97 Å². The number of aromatic carboxylic acids is 1. The second-order valence-corrected chi connectivity index (χ2v) is 11.2. The van der Waals surface area contributed by atoms with Gasteiger partial charge < -0.3 is 10.4 Å². The maximum Gasteiger partial charge on any atom is 0.335 e. The molecule has 1 heterocycles. The van der Waals surface area contributed by atoms with E-state index in [2.05, 4.69) is 33.4 Å². The average molecular weight is 560 g/mol. The lowest BCUT2D eigenvalue weighted by molar-refractivity contribution is -0.387. The topological polar surface area (TPSA) is 92.5 Å². The van der Waals surface area contributed by atoms with Crippen LogP contribution in [0.5, 0.6) is 0 Å². The standard InChI is InChI=1S/C25H20BrClN2O4S/c26-15-8-5-13(6-9-15)24-17-12-21(34-20-4-2-1-3-19(20)29(32)33)23(27)22(17)16-11-14(25(30)31)7-10-18(16)28-24/h1-11,17,21-24,28H,12H2,(H,30,31)/t17-,21-,22+,23-,24-/m1/s1. The lowest BCUT2D eigenvalue weighted by Gasteiger charge is -2.38. The number of nitrogens with zero attached hydrogens (tertiary/aromatic N) is 1. The number of carboxylic acid groups (broad SMARTS) is 1. The van der Waals surface area contributed by atoms with E-state index in [0.29, 0.717) is 4.90 Å². The molecule has 9 heteroatoms. The molecule has 5 atom stereocenters. The number of nitrogens with one attached hydrogen (secondary N) is 1. The van der Waals surface area contributed by atoms with Crippen molar-refractivity contribution in [2.24, 2.45) is 5.92 Å². The minimum Gasteiger partial charge on any atom is -0.478 e. The molecule has 1 aliphatic carbocycles. The van der Waals surface area contributed by atoms with Gasteiger partial charge in [-0.2, -0.15) is 0 Å². The highest BCUT2D eigenvalue weighted by molar-refractivity contribution is 9.10. The summed E-state index contributed by atoms with van der Waals surface area (Å²) in [4.78, 5) is 23.4. The first-order valence-corrected chi connectivity index (χ1v) is 12.9. The van der Waals surface area contributed by atoms with Crippen molar-refractivity contribution in [1.82, 2.24) is 0 Å². The second kappa shape index (κ2) is 9.24. The van der Waals surface area contributed by atoms with E-state index in [1.165, 1.54) is 17.8 Å². The Morgan fingerprint density at radius 2 is 1.88 bits per heavy atom. The van der Waals surface area contributed by atoms with E-state index in [1.54, 1.807) is 30.3 Å². The third-order valence-corrected chi connectivity index (χ3v) is 9.27. The molecule has 34 heavy (non-hydrogen) atoms. The third kappa shape index (κ3) is 4.19. The highest BCUT2D eigenvalue weighted by Crippen LogP contribution is 2.58. The number of nitro benzene ring substituents is 1. The monoisotopic (exact) mass is 558 g/mol. The van der Waals surface area contributed by atoms with Crippen molar-refractivity contribution in [3.05, 3.63) is 98.0 Å². The number of carboxylic acids is 1. The predicted molar refractivity (Wildman–Crippen MR) is 137 cm³/mol. The number of benzene rings is 3. The molecule has 0 radical (unpaired) electrons. The number of hydrogen-bond donors (Lipinski definition) is 2. The number of rotatable bonds is 5. The zero-order valence-corrected chi connectivity index (χ0v) is 20.9. The van der Waals surface area contributed by atoms with Gasteiger partial charge in [-0.15, -0.1) is 23.4 Å².